The molecule has 4 unspecified atom stereocenters. The average Bonchev–Trinajstić information content (AvgIpc) is 3.06. The quantitative estimate of drug-likeness (QED) is 0.854. The number of hydrogen-bond acceptors (Lipinski definition) is 3. The molecule has 0 aliphatic heterocycles. The zero-order valence-electron chi connectivity index (χ0n) is 11.5. The third kappa shape index (κ3) is 2.37. The van der Waals surface area contributed by atoms with Gasteiger partial charge in [0.05, 0.1) is 13.2 Å². The lowest BCUT2D eigenvalue weighted by Crippen LogP contribution is -2.32. The molecule has 1 aromatic carbocycles. The normalized spacial score (nSPS) is 31.6. The van der Waals surface area contributed by atoms with Crippen LogP contribution >= 0.6 is 0 Å². The first kappa shape index (κ1) is 12.9. The topological polar surface area (TPSA) is 55.5 Å². The third-order valence-electron chi connectivity index (χ3n) is 4.97. The molecule has 4 atom stereocenters. The molecule has 3 heteroatoms. The highest BCUT2D eigenvalue weighted by Crippen LogP contribution is 2.56. The van der Waals surface area contributed by atoms with Crippen molar-refractivity contribution in [2.24, 2.45) is 23.5 Å². The van der Waals surface area contributed by atoms with Crippen LogP contribution in [0, 0.1) is 17.8 Å². The van der Waals surface area contributed by atoms with E-state index in [1.807, 2.05) is 24.3 Å². The number of rotatable bonds is 5. The number of para-hydroxylation sites is 1. The van der Waals surface area contributed by atoms with Gasteiger partial charge in [0.1, 0.15) is 5.75 Å². The summed E-state index contributed by atoms with van der Waals surface area (Å²) >= 11 is 0. The van der Waals surface area contributed by atoms with Gasteiger partial charge in [0.15, 0.2) is 0 Å². The van der Waals surface area contributed by atoms with Gasteiger partial charge in [-0.05, 0) is 43.1 Å². The van der Waals surface area contributed by atoms with E-state index in [0.717, 1.165) is 23.1 Å². The fraction of sp³-hybridized carbons (Fsp3) is 0.625. The summed E-state index contributed by atoms with van der Waals surface area (Å²) in [5.41, 5.74) is 6.97. The lowest BCUT2D eigenvalue weighted by Gasteiger charge is -2.28. The Kier molecular flexibility index (Phi) is 3.50. The van der Waals surface area contributed by atoms with Crippen molar-refractivity contribution >= 4 is 0 Å². The standard InChI is InChI=1S/C16H23NO2/c1-19-15-5-3-2-4-13(15)14(9-17)16(18)12-7-10-6-11(10)8-12/h2-5,10-12,14,16,18H,6-9,17H2,1H3. The van der Waals surface area contributed by atoms with Crippen LogP contribution in [0.15, 0.2) is 24.3 Å². The van der Waals surface area contributed by atoms with Gasteiger partial charge in [-0.15, -0.1) is 0 Å². The summed E-state index contributed by atoms with van der Waals surface area (Å²) in [6.45, 7) is 0.466. The molecule has 2 aliphatic carbocycles. The summed E-state index contributed by atoms with van der Waals surface area (Å²) in [7, 11) is 1.67. The van der Waals surface area contributed by atoms with Crippen molar-refractivity contribution in [3.63, 3.8) is 0 Å². The number of aliphatic hydroxyl groups is 1. The predicted octanol–water partition coefficient (Wildman–Crippen LogP) is 2.14. The van der Waals surface area contributed by atoms with E-state index in [9.17, 15) is 5.11 Å². The highest BCUT2D eigenvalue weighted by molar-refractivity contribution is 5.37. The van der Waals surface area contributed by atoms with E-state index < -0.39 is 0 Å². The monoisotopic (exact) mass is 261 g/mol. The largest absolute Gasteiger partial charge is 0.496 e. The van der Waals surface area contributed by atoms with Crippen molar-refractivity contribution in [2.75, 3.05) is 13.7 Å². The summed E-state index contributed by atoms with van der Waals surface area (Å²) in [6.07, 6.45) is 3.40. The van der Waals surface area contributed by atoms with Gasteiger partial charge in [0.2, 0.25) is 0 Å². The zero-order chi connectivity index (χ0) is 13.4. The van der Waals surface area contributed by atoms with E-state index in [2.05, 4.69) is 0 Å². The molecule has 0 amide bonds. The number of fused-ring (bicyclic) bond motifs is 1. The minimum atomic E-state index is -0.339. The highest BCUT2D eigenvalue weighted by Gasteiger charge is 2.48. The molecular formula is C16H23NO2. The van der Waals surface area contributed by atoms with Crippen molar-refractivity contribution < 1.29 is 9.84 Å². The second kappa shape index (κ2) is 5.14. The number of nitrogens with two attached hydrogens (primary N) is 1. The van der Waals surface area contributed by atoms with Gasteiger partial charge >= 0.3 is 0 Å². The molecule has 0 saturated heterocycles. The maximum atomic E-state index is 10.7. The third-order valence-corrected chi connectivity index (χ3v) is 4.97. The van der Waals surface area contributed by atoms with Crippen molar-refractivity contribution in [3.8, 4) is 5.75 Å². The summed E-state index contributed by atoms with van der Waals surface area (Å²) < 4.78 is 5.40. The number of aliphatic hydroxyl groups excluding tert-OH is 1. The minimum Gasteiger partial charge on any atom is -0.496 e. The van der Waals surface area contributed by atoms with Gasteiger partial charge in [-0.3, -0.25) is 0 Å². The fourth-order valence-electron chi connectivity index (χ4n) is 3.79. The lowest BCUT2D eigenvalue weighted by molar-refractivity contribution is 0.0781. The Morgan fingerprint density at radius 1 is 1.26 bits per heavy atom. The van der Waals surface area contributed by atoms with Gasteiger partial charge < -0.3 is 15.6 Å². The van der Waals surface area contributed by atoms with Gasteiger partial charge in [0, 0.05) is 18.0 Å². The van der Waals surface area contributed by atoms with Crippen LogP contribution < -0.4 is 10.5 Å². The second-order valence-corrected chi connectivity index (χ2v) is 6.06. The molecule has 0 radical (unpaired) electrons. The molecule has 2 aliphatic rings. The van der Waals surface area contributed by atoms with Gasteiger partial charge in [-0.1, -0.05) is 18.2 Å². The lowest BCUT2D eigenvalue weighted by atomic mass is 9.83. The molecule has 0 aromatic heterocycles. The molecule has 2 saturated carbocycles. The summed E-state index contributed by atoms with van der Waals surface area (Å²) in [5.74, 6) is 3.01. The van der Waals surface area contributed by atoms with Crippen LogP contribution in [-0.2, 0) is 0 Å². The van der Waals surface area contributed by atoms with Crippen LogP contribution in [0.4, 0.5) is 0 Å². The zero-order valence-corrected chi connectivity index (χ0v) is 11.5. The predicted molar refractivity (Wildman–Crippen MR) is 75.1 cm³/mol. The van der Waals surface area contributed by atoms with E-state index >= 15 is 0 Å². The number of ether oxygens (including phenoxy) is 1. The van der Waals surface area contributed by atoms with Crippen molar-refractivity contribution in [2.45, 2.75) is 31.3 Å². The van der Waals surface area contributed by atoms with Gasteiger partial charge in [-0.25, -0.2) is 0 Å². The minimum absolute atomic E-state index is 0.0151. The van der Waals surface area contributed by atoms with Crippen LogP contribution in [0.1, 0.15) is 30.7 Å². The first-order chi connectivity index (χ1) is 9.24. The molecule has 3 nitrogen and oxygen atoms in total. The second-order valence-electron chi connectivity index (χ2n) is 6.06. The molecular weight excluding hydrogens is 238 g/mol. The average molecular weight is 261 g/mol. The SMILES string of the molecule is COc1ccccc1C(CN)C(O)C1CC2CC2C1. The Hall–Kier alpha value is -1.06. The fourth-order valence-corrected chi connectivity index (χ4v) is 3.79. The summed E-state index contributed by atoms with van der Waals surface area (Å²) in [5, 5.41) is 10.7. The maximum Gasteiger partial charge on any atom is 0.122 e. The molecule has 104 valence electrons. The van der Waals surface area contributed by atoms with Crippen LogP contribution in [0.5, 0.6) is 5.75 Å². The molecule has 0 spiro atoms. The number of hydrogen-bond donors (Lipinski definition) is 2. The molecule has 1 aromatic rings. The molecule has 0 bridgehead atoms. The van der Waals surface area contributed by atoms with Crippen molar-refractivity contribution in [1.29, 1.82) is 0 Å². The first-order valence-corrected chi connectivity index (χ1v) is 7.25. The van der Waals surface area contributed by atoms with Crippen LogP contribution in [0.3, 0.4) is 0 Å². The maximum absolute atomic E-state index is 10.7. The Labute approximate surface area is 114 Å². The van der Waals surface area contributed by atoms with E-state index in [1.165, 1.54) is 19.3 Å². The molecule has 19 heavy (non-hydrogen) atoms. The van der Waals surface area contributed by atoms with Gasteiger partial charge in [0.25, 0.3) is 0 Å². The Balaban J connectivity index is 1.79. The first-order valence-electron chi connectivity index (χ1n) is 7.25. The van der Waals surface area contributed by atoms with Crippen molar-refractivity contribution in [3.05, 3.63) is 29.8 Å². The molecule has 2 fully saturated rings. The smallest absolute Gasteiger partial charge is 0.122 e. The molecule has 0 heterocycles. The van der Waals surface area contributed by atoms with Gasteiger partial charge in [-0.2, -0.15) is 0 Å². The van der Waals surface area contributed by atoms with E-state index in [-0.39, 0.29) is 12.0 Å². The van der Waals surface area contributed by atoms with E-state index in [4.69, 9.17) is 10.5 Å². The molecule has 3 rings (SSSR count). The Morgan fingerprint density at radius 2 is 1.95 bits per heavy atom. The van der Waals surface area contributed by atoms with Crippen LogP contribution in [-0.4, -0.2) is 24.9 Å². The summed E-state index contributed by atoms with van der Waals surface area (Å²) in [4.78, 5) is 0. The number of methoxy groups -OCH3 is 1. The van der Waals surface area contributed by atoms with Crippen LogP contribution in [0.2, 0.25) is 0 Å². The van der Waals surface area contributed by atoms with E-state index in [1.54, 1.807) is 7.11 Å². The summed E-state index contributed by atoms with van der Waals surface area (Å²) in [6, 6.07) is 7.90. The number of benzene rings is 1. The highest BCUT2D eigenvalue weighted by atomic mass is 16.5. The Bertz CT molecular complexity index is 438. The van der Waals surface area contributed by atoms with Crippen molar-refractivity contribution in [1.82, 2.24) is 0 Å². The van der Waals surface area contributed by atoms with Crippen LogP contribution in [0.25, 0.3) is 0 Å². The Morgan fingerprint density at radius 3 is 2.58 bits per heavy atom. The molecule has 3 N–H and O–H groups in total. The van der Waals surface area contributed by atoms with E-state index in [0.29, 0.717) is 12.5 Å².